The molecule has 76 valence electrons. The Morgan fingerprint density at radius 3 is 2.54 bits per heavy atom. The molecule has 1 N–H and O–H groups in total. The molecule has 0 unspecified atom stereocenters. The van der Waals surface area contributed by atoms with Crippen molar-refractivity contribution in [3.8, 4) is 0 Å². The van der Waals surface area contributed by atoms with Crippen LogP contribution in [0.25, 0.3) is 0 Å². The third-order valence-electron chi connectivity index (χ3n) is 3.56. The predicted molar refractivity (Wildman–Crippen MR) is 55.8 cm³/mol. The molecule has 2 nitrogen and oxygen atoms in total. The van der Waals surface area contributed by atoms with Crippen molar-refractivity contribution in [3.63, 3.8) is 0 Å². The number of hydrogen-bond donors (Lipinski definition) is 1. The van der Waals surface area contributed by atoms with Gasteiger partial charge in [0.05, 0.1) is 0 Å². The molecule has 1 saturated heterocycles. The highest BCUT2D eigenvalue weighted by Gasteiger charge is 2.26. The van der Waals surface area contributed by atoms with Crippen LogP contribution >= 0.6 is 0 Å². The average molecular weight is 182 g/mol. The number of likely N-dealkylation sites (tertiary alicyclic amines) is 1. The number of hydrogen-bond acceptors (Lipinski definition) is 2. The maximum absolute atomic E-state index is 3.80. The van der Waals surface area contributed by atoms with Crippen molar-refractivity contribution in [2.45, 2.75) is 44.7 Å². The molecule has 0 spiro atoms. The van der Waals surface area contributed by atoms with E-state index in [-0.39, 0.29) is 0 Å². The van der Waals surface area contributed by atoms with E-state index in [1.54, 1.807) is 0 Å². The molecule has 13 heavy (non-hydrogen) atoms. The lowest BCUT2D eigenvalue weighted by Gasteiger charge is -2.18. The summed E-state index contributed by atoms with van der Waals surface area (Å²) in [6.07, 6.45) is 5.59. The van der Waals surface area contributed by atoms with Gasteiger partial charge < -0.3 is 10.2 Å². The molecule has 0 amide bonds. The first-order valence-corrected chi connectivity index (χ1v) is 5.68. The fraction of sp³-hybridized carbons (Fsp3) is 1.00. The topological polar surface area (TPSA) is 15.3 Å². The zero-order valence-electron chi connectivity index (χ0n) is 8.92. The molecule has 2 heteroatoms. The Bertz CT molecular complexity index is 151. The van der Waals surface area contributed by atoms with Gasteiger partial charge in [-0.25, -0.2) is 0 Å². The van der Waals surface area contributed by atoms with Gasteiger partial charge in [0.1, 0.15) is 0 Å². The lowest BCUT2D eigenvalue weighted by atomic mass is 10.1. The summed E-state index contributed by atoms with van der Waals surface area (Å²) in [4.78, 5) is 2.43. The zero-order valence-corrected chi connectivity index (χ0v) is 8.92. The van der Waals surface area contributed by atoms with Crippen molar-refractivity contribution in [2.24, 2.45) is 5.92 Å². The van der Waals surface area contributed by atoms with Crippen LogP contribution in [0.5, 0.6) is 0 Å². The van der Waals surface area contributed by atoms with E-state index in [0.717, 1.165) is 18.0 Å². The third kappa shape index (κ3) is 2.44. The van der Waals surface area contributed by atoms with Crippen LogP contribution < -0.4 is 5.32 Å². The Kier molecular flexibility index (Phi) is 2.89. The highest BCUT2D eigenvalue weighted by atomic mass is 15.2. The molecule has 1 aliphatic carbocycles. The van der Waals surface area contributed by atoms with Gasteiger partial charge in [0.25, 0.3) is 0 Å². The van der Waals surface area contributed by atoms with Gasteiger partial charge in [-0.15, -0.1) is 0 Å². The smallest absolute Gasteiger partial charge is 0.0209 e. The number of nitrogens with zero attached hydrogens (tertiary/aromatic N) is 1. The summed E-state index contributed by atoms with van der Waals surface area (Å²) in [6.45, 7) is 4.91. The molecule has 3 atom stereocenters. The van der Waals surface area contributed by atoms with Crippen LogP contribution in [-0.2, 0) is 0 Å². The van der Waals surface area contributed by atoms with Gasteiger partial charge in [-0.05, 0) is 45.2 Å². The predicted octanol–water partition coefficient (Wildman–Crippen LogP) is 1.47. The Balaban J connectivity index is 1.72. The molecular weight excluding hydrogens is 160 g/mol. The van der Waals surface area contributed by atoms with E-state index in [2.05, 4.69) is 24.2 Å². The van der Waals surface area contributed by atoms with Crippen molar-refractivity contribution >= 4 is 0 Å². The highest BCUT2D eigenvalue weighted by Crippen LogP contribution is 2.25. The molecule has 1 heterocycles. The molecule has 2 aliphatic rings. The van der Waals surface area contributed by atoms with Crippen LogP contribution in [0.4, 0.5) is 0 Å². The second-order valence-corrected chi connectivity index (χ2v) is 5.03. The zero-order chi connectivity index (χ0) is 9.26. The fourth-order valence-corrected chi connectivity index (χ4v) is 2.76. The summed E-state index contributed by atoms with van der Waals surface area (Å²) in [6, 6.07) is 1.60. The third-order valence-corrected chi connectivity index (χ3v) is 3.56. The maximum Gasteiger partial charge on any atom is 0.0209 e. The summed E-state index contributed by atoms with van der Waals surface area (Å²) >= 11 is 0. The standard InChI is InChI=1S/C11H22N2/c1-9-3-4-10(7-9)12-11-5-6-13(2)8-11/h9-12H,3-8H2,1-2H3/t9-,10+,11+/m1/s1. The SMILES string of the molecule is C[C@@H]1CC[C@H](N[C@H]2CCN(C)C2)C1. The van der Waals surface area contributed by atoms with Crippen molar-refractivity contribution in [2.75, 3.05) is 20.1 Å². The van der Waals surface area contributed by atoms with E-state index < -0.39 is 0 Å². The highest BCUT2D eigenvalue weighted by molar-refractivity contribution is 4.86. The van der Waals surface area contributed by atoms with E-state index in [1.807, 2.05) is 0 Å². The van der Waals surface area contributed by atoms with Crippen LogP contribution in [0, 0.1) is 5.92 Å². The molecule has 2 rings (SSSR count). The molecule has 1 saturated carbocycles. The summed E-state index contributed by atoms with van der Waals surface area (Å²) in [5, 5.41) is 3.80. The Morgan fingerprint density at radius 1 is 1.15 bits per heavy atom. The summed E-state index contributed by atoms with van der Waals surface area (Å²) in [5.41, 5.74) is 0. The quantitative estimate of drug-likeness (QED) is 0.695. The van der Waals surface area contributed by atoms with Gasteiger partial charge >= 0.3 is 0 Å². The lowest BCUT2D eigenvalue weighted by molar-refractivity contribution is 0.378. The Hall–Kier alpha value is -0.0800. The van der Waals surface area contributed by atoms with E-state index in [4.69, 9.17) is 0 Å². The number of likely N-dealkylation sites (N-methyl/N-ethyl adjacent to an activating group) is 1. The van der Waals surface area contributed by atoms with Crippen LogP contribution in [0.2, 0.25) is 0 Å². The molecule has 0 aromatic carbocycles. The van der Waals surface area contributed by atoms with E-state index in [9.17, 15) is 0 Å². The molecular formula is C11H22N2. The molecule has 1 aliphatic heterocycles. The van der Waals surface area contributed by atoms with Crippen LogP contribution in [-0.4, -0.2) is 37.1 Å². The maximum atomic E-state index is 3.80. The first-order chi connectivity index (χ1) is 6.24. The van der Waals surface area contributed by atoms with Gasteiger partial charge in [0.15, 0.2) is 0 Å². The van der Waals surface area contributed by atoms with Crippen molar-refractivity contribution < 1.29 is 0 Å². The second kappa shape index (κ2) is 3.97. The van der Waals surface area contributed by atoms with Gasteiger partial charge in [0.2, 0.25) is 0 Å². The minimum atomic E-state index is 0.778. The number of rotatable bonds is 2. The second-order valence-electron chi connectivity index (χ2n) is 5.03. The van der Waals surface area contributed by atoms with Crippen molar-refractivity contribution in [1.82, 2.24) is 10.2 Å². The number of nitrogens with one attached hydrogen (secondary N) is 1. The van der Waals surface area contributed by atoms with Crippen LogP contribution in [0.1, 0.15) is 32.6 Å². The molecule has 0 bridgehead atoms. The molecule has 0 radical (unpaired) electrons. The molecule has 0 aromatic rings. The largest absolute Gasteiger partial charge is 0.310 e. The Labute approximate surface area is 81.7 Å². The first kappa shape index (κ1) is 9.47. The van der Waals surface area contributed by atoms with E-state index in [0.29, 0.717) is 0 Å². The summed E-state index contributed by atoms with van der Waals surface area (Å²) in [5.74, 6) is 0.955. The fourth-order valence-electron chi connectivity index (χ4n) is 2.76. The van der Waals surface area contributed by atoms with Crippen molar-refractivity contribution in [1.29, 1.82) is 0 Å². The average Bonchev–Trinajstić information content (AvgIpc) is 2.62. The van der Waals surface area contributed by atoms with Crippen LogP contribution in [0.3, 0.4) is 0 Å². The molecule has 2 fully saturated rings. The van der Waals surface area contributed by atoms with Gasteiger partial charge in [-0.3, -0.25) is 0 Å². The van der Waals surface area contributed by atoms with Gasteiger partial charge in [-0.2, -0.15) is 0 Å². The summed E-state index contributed by atoms with van der Waals surface area (Å²) < 4.78 is 0. The van der Waals surface area contributed by atoms with Crippen molar-refractivity contribution in [3.05, 3.63) is 0 Å². The monoisotopic (exact) mass is 182 g/mol. The normalized spacial score (nSPS) is 41.5. The first-order valence-electron chi connectivity index (χ1n) is 5.68. The van der Waals surface area contributed by atoms with Crippen LogP contribution in [0.15, 0.2) is 0 Å². The minimum Gasteiger partial charge on any atom is -0.310 e. The lowest BCUT2D eigenvalue weighted by Crippen LogP contribution is -2.38. The minimum absolute atomic E-state index is 0.778. The summed E-state index contributed by atoms with van der Waals surface area (Å²) in [7, 11) is 2.22. The van der Waals surface area contributed by atoms with E-state index in [1.165, 1.54) is 38.8 Å². The molecule has 0 aromatic heterocycles. The van der Waals surface area contributed by atoms with E-state index >= 15 is 0 Å². The van der Waals surface area contributed by atoms with Gasteiger partial charge in [0, 0.05) is 18.6 Å². The Morgan fingerprint density at radius 2 is 2.00 bits per heavy atom. The van der Waals surface area contributed by atoms with Gasteiger partial charge in [-0.1, -0.05) is 6.92 Å².